The molecule has 0 aliphatic heterocycles. The van der Waals surface area contributed by atoms with Gasteiger partial charge in [-0.15, -0.1) is 11.3 Å². The largest absolute Gasteiger partial charge is 0.309 e. The molecular weight excluding hydrogens is 300 g/mol. The van der Waals surface area contributed by atoms with Gasteiger partial charge in [-0.1, -0.05) is 6.07 Å². The van der Waals surface area contributed by atoms with Crippen molar-refractivity contribution in [3.63, 3.8) is 0 Å². The van der Waals surface area contributed by atoms with Crippen molar-refractivity contribution >= 4 is 33.3 Å². The maximum absolute atomic E-state index is 12.3. The smallest absolute Gasteiger partial charge is 0.262 e. The van der Waals surface area contributed by atoms with Crippen molar-refractivity contribution in [2.24, 2.45) is 0 Å². The predicted octanol–water partition coefficient (Wildman–Crippen LogP) is 2.11. The molecule has 3 aromatic rings. The number of amides is 1. The molecule has 0 aliphatic carbocycles. The van der Waals surface area contributed by atoms with Crippen LogP contribution in [-0.4, -0.2) is 20.4 Å². The Morgan fingerprint density at radius 2 is 2.18 bits per heavy atom. The van der Waals surface area contributed by atoms with Crippen LogP contribution >= 0.6 is 11.3 Å². The average molecular weight is 314 g/mol. The van der Waals surface area contributed by atoms with E-state index < -0.39 is 0 Å². The summed E-state index contributed by atoms with van der Waals surface area (Å²) in [5.41, 5.74) is 0.605. The first-order valence-corrected chi connectivity index (χ1v) is 7.53. The number of carbonyl (C=O) groups is 1. The van der Waals surface area contributed by atoms with E-state index in [-0.39, 0.29) is 18.0 Å². The molecule has 0 spiro atoms. The fraction of sp³-hybridized carbons (Fsp3) is 0.200. The third-order valence-electron chi connectivity index (χ3n) is 3.11. The molecule has 0 bridgehead atoms. The molecule has 0 unspecified atom stereocenters. The lowest BCUT2D eigenvalue weighted by Crippen LogP contribution is -2.27. The molecule has 22 heavy (non-hydrogen) atoms. The first kappa shape index (κ1) is 14.4. The zero-order valence-corrected chi connectivity index (χ0v) is 13.0. The molecule has 0 aliphatic rings. The van der Waals surface area contributed by atoms with Crippen LogP contribution in [0.25, 0.3) is 10.2 Å². The molecule has 1 amide bonds. The van der Waals surface area contributed by atoms with Gasteiger partial charge in [0.1, 0.15) is 17.2 Å². The molecule has 7 heteroatoms. The van der Waals surface area contributed by atoms with E-state index in [0.717, 1.165) is 10.6 Å². The number of thiophene rings is 1. The van der Waals surface area contributed by atoms with Gasteiger partial charge in [-0.25, -0.2) is 9.97 Å². The molecule has 1 N–H and O–H groups in total. The molecule has 0 aromatic carbocycles. The number of rotatable bonds is 3. The van der Waals surface area contributed by atoms with Crippen molar-refractivity contribution in [2.45, 2.75) is 20.4 Å². The number of aromatic nitrogens is 3. The van der Waals surface area contributed by atoms with Crippen LogP contribution in [0.5, 0.6) is 0 Å². The fourth-order valence-electron chi connectivity index (χ4n) is 2.14. The number of pyridine rings is 1. The second-order valence-corrected chi connectivity index (χ2v) is 6.20. The highest BCUT2D eigenvalue weighted by Crippen LogP contribution is 2.19. The lowest BCUT2D eigenvalue weighted by atomic mass is 10.3. The summed E-state index contributed by atoms with van der Waals surface area (Å²) in [7, 11) is 0. The van der Waals surface area contributed by atoms with Gasteiger partial charge in [-0.2, -0.15) is 0 Å². The van der Waals surface area contributed by atoms with Crippen molar-refractivity contribution in [3.8, 4) is 0 Å². The molecular formula is C15H14N4O2S. The number of anilines is 1. The summed E-state index contributed by atoms with van der Waals surface area (Å²) >= 11 is 1.46. The second kappa shape index (κ2) is 5.69. The highest BCUT2D eigenvalue weighted by molar-refractivity contribution is 7.18. The zero-order valence-electron chi connectivity index (χ0n) is 12.2. The maximum Gasteiger partial charge on any atom is 0.262 e. The van der Waals surface area contributed by atoms with Gasteiger partial charge in [0, 0.05) is 10.6 Å². The summed E-state index contributed by atoms with van der Waals surface area (Å²) in [4.78, 5) is 34.5. The monoisotopic (exact) mass is 314 g/mol. The van der Waals surface area contributed by atoms with Gasteiger partial charge in [-0.05, 0) is 32.0 Å². The summed E-state index contributed by atoms with van der Waals surface area (Å²) in [6, 6.07) is 7.16. The standard InChI is InChI=1S/C15H14N4O2S/c1-9-4-3-5-12(17-9)18-13(20)7-19-8-16-14-11(15(19)21)6-10(2)22-14/h3-6,8H,7H2,1-2H3,(H,17,18,20). The van der Waals surface area contributed by atoms with Gasteiger partial charge in [0.15, 0.2) is 0 Å². The molecule has 112 valence electrons. The second-order valence-electron chi connectivity index (χ2n) is 4.97. The molecule has 3 heterocycles. The van der Waals surface area contributed by atoms with Gasteiger partial charge in [0.25, 0.3) is 5.56 Å². The highest BCUT2D eigenvalue weighted by atomic mass is 32.1. The zero-order chi connectivity index (χ0) is 15.7. The van der Waals surface area contributed by atoms with E-state index in [9.17, 15) is 9.59 Å². The lowest BCUT2D eigenvalue weighted by molar-refractivity contribution is -0.116. The van der Waals surface area contributed by atoms with Crippen LogP contribution in [0.3, 0.4) is 0 Å². The van der Waals surface area contributed by atoms with Crippen LogP contribution in [0.4, 0.5) is 5.82 Å². The molecule has 0 saturated heterocycles. The fourth-order valence-corrected chi connectivity index (χ4v) is 2.98. The van der Waals surface area contributed by atoms with Crippen molar-refractivity contribution < 1.29 is 4.79 Å². The number of nitrogens with zero attached hydrogens (tertiary/aromatic N) is 3. The number of aryl methyl sites for hydroxylation is 2. The van der Waals surface area contributed by atoms with Gasteiger partial charge in [-0.3, -0.25) is 14.2 Å². The topological polar surface area (TPSA) is 76.9 Å². The average Bonchev–Trinajstić information content (AvgIpc) is 2.83. The summed E-state index contributed by atoms with van der Waals surface area (Å²) in [5, 5.41) is 3.22. The first-order valence-electron chi connectivity index (χ1n) is 6.72. The molecule has 3 rings (SSSR count). The minimum absolute atomic E-state index is 0.0910. The molecule has 0 radical (unpaired) electrons. The van der Waals surface area contributed by atoms with E-state index >= 15 is 0 Å². The molecule has 0 atom stereocenters. The van der Waals surface area contributed by atoms with Gasteiger partial charge < -0.3 is 5.32 Å². The van der Waals surface area contributed by atoms with Gasteiger partial charge in [0.2, 0.25) is 5.91 Å². The van der Waals surface area contributed by atoms with Crippen LogP contribution in [0.15, 0.2) is 35.4 Å². The van der Waals surface area contributed by atoms with Crippen molar-refractivity contribution in [1.29, 1.82) is 0 Å². The molecule has 6 nitrogen and oxygen atoms in total. The Morgan fingerprint density at radius 3 is 2.95 bits per heavy atom. The highest BCUT2D eigenvalue weighted by Gasteiger charge is 2.10. The third kappa shape index (κ3) is 2.89. The number of nitrogens with one attached hydrogen (secondary N) is 1. The van der Waals surface area contributed by atoms with E-state index in [1.807, 2.05) is 26.0 Å². The predicted molar refractivity (Wildman–Crippen MR) is 86.2 cm³/mol. The summed E-state index contributed by atoms with van der Waals surface area (Å²) in [6.07, 6.45) is 1.41. The summed E-state index contributed by atoms with van der Waals surface area (Å²) in [5.74, 6) is 0.159. The number of hydrogen-bond donors (Lipinski definition) is 1. The van der Waals surface area contributed by atoms with Crippen LogP contribution in [0, 0.1) is 13.8 Å². The molecule has 3 aromatic heterocycles. The lowest BCUT2D eigenvalue weighted by Gasteiger charge is -2.07. The quantitative estimate of drug-likeness (QED) is 0.803. The summed E-state index contributed by atoms with van der Waals surface area (Å²) in [6.45, 7) is 3.68. The summed E-state index contributed by atoms with van der Waals surface area (Å²) < 4.78 is 1.31. The van der Waals surface area contributed by atoms with E-state index in [0.29, 0.717) is 16.0 Å². The van der Waals surface area contributed by atoms with E-state index in [1.54, 1.807) is 12.1 Å². The Hall–Kier alpha value is -2.54. The van der Waals surface area contributed by atoms with Crippen molar-refractivity contribution in [1.82, 2.24) is 14.5 Å². The SMILES string of the molecule is Cc1cccc(NC(=O)Cn2cnc3sc(C)cc3c2=O)n1. The minimum atomic E-state index is -0.312. The van der Waals surface area contributed by atoms with Crippen LogP contribution in [-0.2, 0) is 11.3 Å². The Balaban J connectivity index is 1.82. The van der Waals surface area contributed by atoms with Crippen molar-refractivity contribution in [3.05, 3.63) is 51.5 Å². The molecule has 0 saturated carbocycles. The van der Waals surface area contributed by atoms with E-state index in [1.165, 1.54) is 22.2 Å². The van der Waals surface area contributed by atoms with Crippen LogP contribution < -0.4 is 10.9 Å². The van der Waals surface area contributed by atoms with Crippen LogP contribution in [0.2, 0.25) is 0 Å². The Bertz CT molecular complexity index is 913. The Morgan fingerprint density at radius 1 is 1.36 bits per heavy atom. The Kier molecular flexibility index (Phi) is 3.72. The Labute approximate surface area is 130 Å². The van der Waals surface area contributed by atoms with E-state index in [4.69, 9.17) is 0 Å². The van der Waals surface area contributed by atoms with Gasteiger partial charge >= 0.3 is 0 Å². The number of carbonyl (C=O) groups excluding carboxylic acids is 1. The maximum atomic E-state index is 12.3. The van der Waals surface area contributed by atoms with Crippen LogP contribution in [0.1, 0.15) is 10.6 Å². The van der Waals surface area contributed by atoms with Crippen molar-refractivity contribution in [2.75, 3.05) is 5.32 Å². The normalized spacial score (nSPS) is 10.8. The van der Waals surface area contributed by atoms with E-state index in [2.05, 4.69) is 15.3 Å². The number of hydrogen-bond acceptors (Lipinski definition) is 5. The third-order valence-corrected chi connectivity index (χ3v) is 4.07. The molecule has 0 fully saturated rings. The van der Waals surface area contributed by atoms with Gasteiger partial charge in [0.05, 0.1) is 11.7 Å². The first-order chi connectivity index (χ1) is 10.5. The number of fused-ring (bicyclic) bond motifs is 1. The minimum Gasteiger partial charge on any atom is -0.309 e.